The molecule has 0 amide bonds. The van der Waals surface area contributed by atoms with Gasteiger partial charge in [0.1, 0.15) is 11.5 Å². The molecule has 0 aliphatic carbocycles. The molecule has 0 radical (unpaired) electrons. The van der Waals surface area contributed by atoms with Gasteiger partial charge in [-0.1, -0.05) is 56.2 Å². The molecule has 5 heteroatoms. The summed E-state index contributed by atoms with van der Waals surface area (Å²) in [6.07, 6.45) is 7.33. The van der Waals surface area contributed by atoms with Gasteiger partial charge in [-0.3, -0.25) is 4.79 Å². The minimum Gasteiger partial charge on any atom is -0.457 e. The average Bonchev–Trinajstić information content (AvgIpc) is 2.66. The van der Waals surface area contributed by atoms with Crippen molar-refractivity contribution < 1.29 is 14.3 Å². The van der Waals surface area contributed by atoms with Crippen LogP contribution in [0.2, 0.25) is 0 Å². The van der Waals surface area contributed by atoms with E-state index in [2.05, 4.69) is 37.8 Å². The summed E-state index contributed by atoms with van der Waals surface area (Å²) in [5, 5.41) is 0. The third-order valence-corrected chi connectivity index (χ3v) is 4.81. The Morgan fingerprint density at radius 3 is 2.39 bits per heavy atom. The summed E-state index contributed by atoms with van der Waals surface area (Å²) in [7, 11) is 0. The van der Waals surface area contributed by atoms with E-state index in [1.165, 1.54) is 0 Å². The van der Waals surface area contributed by atoms with Crippen molar-refractivity contribution in [1.29, 1.82) is 0 Å². The first-order valence-electron chi connectivity index (χ1n) is 8.91. The van der Waals surface area contributed by atoms with Crippen molar-refractivity contribution in [3.05, 3.63) is 69.6 Å². The van der Waals surface area contributed by atoms with E-state index in [0.29, 0.717) is 17.7 Å². The molecule has 146 valence electrons. The second kappa shape index (κ2) is 11.1. The number of hydrogen-bond donors (Lipinski definition) is 0. The third-order valence-electron chi connectivity index (χ3n) is 4.16. The predicted molar refractivity (Wildman–Crippen MR) is 120 cm³/mol. The molecule has 2 aromatic carbocycles. The molecule has 2 atom stereocenters. The van der Waals surface area contributed by atoms with Crippen LogP contribution < -0.4 is 4.74 Å². The van der Waals surface area contributed by atoms with Crippen LogP contribution in [0, 0.1) is 24.2 Å². The summed E-state index contributed by atoms with van der Waals surface area (Å²) < 4.78 is 12.3. The van der Waals surface area contributed by atoms with Gasteiger partial charge in [0.15, 0.2) is 6.10 Å². The normalized spacial score (nSPS) is 12.6. The van der Waals surface area contributed by atoms with E-state index < -0.39 is 6.10 Å². The number of benzene rings is 2. The van der Waals surface area contributed by atoms with Crippen molar-refractivity contribution in [2.75, 3.05) is 0 Å². The Hall–Kier alpha value is -2.03. The minimum atomic E-state index is -0.774. The fourth-order valence-corrected chi connectivity index (χ4v) is 3.00. The highest BCUT2D eigenvalue weighted by Gasteiger charge is 2.26. The molecular formula is C23H22Br2O3. The number of para-hydroxylation sites is 1. The summed E-state index contributed by atoms with van der Waals surface area (Å²) >= 11 is 6.63. The molecule has 2 rings (SSSR count). The van der Waals surface area contributed by atoms with Gasteiger partial charge in [0.25, 0.3) is 0 Å². The first-order valence-corrected chi connectivity index (χ1v) is 10.5. The summed E-state index contributed by atoms with van der Waals surface area (Å²) in [6, 6.07) is 16.7. The summed E-state index contributed by atoms with van der Waals surface area (Å²) in [5.74, 6) is 3.44. The maximum absolute atomic E-state index is 12.7. The maximum atomic E-state index is 12.7. The molecule has 0 fully saturated rings. The van der Waals surface area contributed by atoms with Crippen molar-refractivity contribution in [1.82, 2.24) is 0 Å². The predicted octanol–water partition coefficient (Wildman–Crippen LogP) is 6.99. The topological polar surface area (TPSA) is 35.5 Å². The first-order chi connectivity index (χ1) is 13.4. The zero-order valence-electron chi connectivity index (χ0n) is 15.8. The summed E-state index contributed by atoms with van der Waals surface area (Å²) in [4.78, 5) is 12.7. The molecule has 0 heterocycles. The molecular weight excluding hydrogens is 484 g/mol. The third kappa shape index (κ3) is 6.85. The Kier molecular flexibility index (Phi) is 8.82. The van der Waals surface area contributed by atoms with E-state index in [1.807, 2.05) is 68.5 Å². The molecule has 0 saturated carbocycles. The minimum absolute atomic E-state index is 0.120. The van der Waals surface area contributed by atoms with Crippen LogP contribution in [0.5, 0.6) is 11.5 Å². The monoisotopic (exact) mass is 504 g/mol. The Labute approximate surface area is 183 Å². The molecule has 2 unspecified atom stereocenters. The van der Waals surface area contributed by atoms with E-state index in [0.717, 1.165) is 9.14 Å². The van der Waals surface area contributed by atoms with E-state index in [1.54, 1.807) is 6.07 Å². The van der Waals surface area contributed by atoms with Gasteiger partial charge in [-0.15, -0.1) is 6.42 Å². The average molecular weight is 506 g/mol. The largest absolute Gasteiger partial charge is 0.457 e. The number of allylic oxidation sites excluding steroid dienone is 1. The highest BCUT2D eigenvalue weighted by molar-refractivity contribution is 9.28. The number of carbonyl (C=O) groups excluding carboxylic acids is 1. The van der Waals surface area contributed by atoms with Gasteiger partial charge in [-0.05, 0) is 68.5 Å². The number of esters is 1. The summed E-state index contributed by atoms with van der Waals surface area (Å²) in [5.41, 5.74) is 0.698. The van der Waals surface area contributed by atoms with Crippen LogP contribution in [-0.4, -0.2) is 5.97 Å². The van der Waals surface area contributed by atoms with Crippen molar-refractivity contribution in [2.24, 2.45) is 11.8 Å². The molecule has 0 aliphatic heterocycles. The van der Waals surface area contributed by atoms with Gasteiger partial charge in [0.2, 0.25) is 0 Å². The fourth-order valence-electron chi connectivity index (χ4n) is 2.62. The Morgan fingerprint density at radius 1 is 1.11 bits per heavy atom. The van der Waals surface area contributed by atoms with Gasteiger partial charge >= 0.3 is 5.97 Å². The lowest BCUT2D eigenvalue weighted by Gasteiger charge is -2.21. The van der Waals surface area contributed by atoms with E-state index in [4.69, 9.17) is 15.9 Å². The van der Waals surface area contributed by atoms with Crippen molar-refractivity contribution >= 4 is 37.8 Å². The fraction of sp³-hybridized carbons (Fsp3) is 0.261. The zero-order chi connectivity index (χ0) is 20.5. The lowest BCUT2D eigenvalue weighted by molar-refractivity contribution is -0.153. The maximum Gasteiger partial charge on any atom is 0.311 e. The molecule has 0 spiro atoms. The Bertz CT molecular complexity index is 850. The Morgan fingerprint density at radius 2 is 1.79 bits per heavy atom. The standard InChI is InChI=1S/C23H22Br2O3/c1-4-21(28-23(26)20(16(2)3)13-14-22(24)25)17-9-8-12-19(15-17)27-18-10-6-5-7-11-18/h1,5-12,14-16,20-21H,13H2,2-3H3. The molecule has 0 aromatic heterocycles. The van der Waals surface area contributed by atoms with Crippen LogP contribution in [0.4, 0.5) is 0 Å². The molecule has 0 saturated heterocycles. The first kappa shape index (κ1) is 22.3. The molecule has 3 nitrogen and oxygen atoms in total. The zero-order valence-corrected chi connectivity index (χ0v) is 18.9. The number of halogens is 2. The molecule has 0 N–H and O–H groups in total. The quantitative estimate of drug-likeness (QED) is 0.286. The number of carbonyl (C=O) groups is 1. The van der Waals surface area contributed by atoms with Gasteiger partial charge < -0.3 is 9.47 Å². The van der Waals surface area contributed by atoms with Crippen LogP contribution >= 0.6 is 31.9 Å². The van der Waals surface area contributed by atoms with Gasteiger partial charge in [0, 0.05) is 5.56 Å². The number of ether oxygens (including phenoxy) is 2. The molecule has 2 aromatic rings. The highest BCUT2D eigenvalue weighted by atomic mass is 79.9. The second-order valence-electron chi connectivity index (χ2n) is 6.55. The number of hydrogen-bond acceptors (Lipinski definition) is 3. The van der Waals surface area contributed by atoms with Crippen molar-refractivity contribution in [2.45, 2.75) is 26.4 Å². The number of terminal acetylenes is 1. The van der Waals surface area contributed by atoms with Gasteiger partial charge in [-0.2, -0.15) is 0 Å². The van der Waals surface area contributed by atoms with Crippen molar-refractivity contribution in [3.63, 3.8) is 0 Å². The SMILES string of the molecule is C#CC(OC(=O)C(CC=C(Br)Br)C(C)C)c1cccc(Oc2ccccc2)c1. The molecule has 0 aliphatic rings. The van der Waals surface area contributed by atoms with Crippen LogP contribution in [0.3, 0.4) is 0 Å². The highest BCUT2D eigenvalue weighted by Crippen LogP contribution is 2.28. The number of rotatable bonds is 8. The summed E-state index contributed by atoms with van der Waals surface area (Å²) in [6.45, 7) is 3.97. The smallest absolute Gasteiger partial charge is 0.311 e. The van der Waals surface area contributed by atoms with E-state index in [9.17, 15) is 4.79 Å². The van der Waals surface area contributed by atoms with Crippen LogP contribution in [0.1, 0.15) is 31.9 Å². The lowest BCUT2D eigenvalue weighted by Crippen LogP contribution is -2.24. The van der Waals surface area contributed by atoms with Crippen LogP contribution in [0.25, 0.3) is 0 Å². The second-order valence-corrected chi connectivity index (χ2v) is 9.32. The van der Waals surface area contributed by atoms with E-state index >= 15 is 0 Å². The molecule has 0 bridgehead atoms. The lowest BCUT2D eigenvalue weighted by atomic mass is 9.92. The van der Waals surface area contributed by atoms with E-state index in [-0.39, 0.29) is 17.8 Å². The van der Waals surface area contributed by atoms with Crippen molar-refractivity contribution in [3.8, 4) is 23.8 Å². The molecule has 28 heavy (non-hydrogen) atoms. The van der Waals surface area contributed by atoms with Gasteiger partial charge in [0.05, 0.1) is 9.31 Å². The van der Waals surface area contributed by atoms with Crippen LogP contribution in [-0.2, 0) is 9.53 Å². The van der Waals surface area contributed by atoms with Gasteiger partial charge in [-0.25, -0.2) is 0 Å². The Balaban J connectivity index is 2.14. The van der Waals surface area contributed by atoms with Crippen LogP contribution in [0.15, 0.2) is 64.1 Å².